The molecule has 2 aromatic carbocycles. The van der Waals surface area contributed by atoms with E-state index < -0.39 is 0 Å². The first-order valence-corrected chi connectivity index (χ1v) is 15.1. The molecule has 0 saturated carbocycles. The van der Waals surface area contributed by atoms with Crippen LogP contribution in [0.15, 0.2) is 52.4 Å². The minimum Gasteiger partial charge on any atom is -0.251 e. The van der Waals surface area contributed by atoms with Gasteiger partial charge in [-0.3, -0.25) is 9.98 Å². The first kappa shape index (κ1) is 26.5. The van der Waals surface area contributed by atoms with Gasteiger partial charge in [-0.05, 0) is 110 Å². The fourth-order valence-corrected chi connectivity index (χ4v) is 6.14. The summed E-state index contributed by atoms with van der Waals surface area (Å²) < 4.78 is 0. The van der Waals surface area contributed by atoms with Gasteiger partial charge in [-0.2, -0.15) is 0 Å². The maximum absolute atomic E-state index is 5.49. The van der Waals surface area contributed by atoms with Crippen molar-refractivity contribution in [3.8, 4) is 0 Å². The van der Waals surface area contributed by atoms with Crippen LogP contribution in [0.25, 0.3) is 0 Å². The number of rotatable bonds is 6. The maximum atomic E-state index is 5.49. The van der Waals surface area contributed by atoms with E-state index in [1.807, 2.05) is 0 Å². The normalized spacial score (nSPS) is 17.7. The molecule has 0 unspecified atom stereocenters. The zero-order valence-corrected chi connectivity index (χ0v) is 23.9. The Balaban J connectivity index is 1.69. The van der Waals surface area contributed by atoms with Gasteiger partial charge < -0.3 is 0 Å². The van der Waals surface area contributed by atoms with Crippen molar-refractivity contribution in [2.45, 2.75) is 105 Å². The van der Waals surface area contributed by atoms with Crippen molar-refractivity contribution in [2.24, 2.45) is 9.98 Å². The molecular formula is C35H43N3. The minimum atomic E-state index is 0.991. The largest absolute Gasteiger partial charge is 0.251 e. The first-order valence-electron chi connectivity index (χ1n) is 15.1. The molecule has 0 fully saturated rings. The van der Waals surface area contributed by atoms with Crippen LogP contribution in [0.3, 0.4) is 0 Å². The molecule has 198 valence electrons. The third-order valence-electron chi connectivity index (χ3n) is 8.37. The average Bonchev–Trinajstić information content (AvgIpc) is 3.27. The molecule has 2 aliphatic rings. The molecule has 0 bridgehead atoms. The molecule has 0 N–H and O–H groups in total. The second-order valence-corrected chi connectivity index (χ2v) is 10.8. The summed E-state index contributed by atoms with van der Waals surface area (Å²) in [5.74, 6) is 0. The molecule has 2 aliphatic carbocycles. The summed E-state index contributed by atoms with van der Waals surface area (Å²) in [7, 11) is 0. The van der Waals surface area contributed by atoms with Crippen LogP contribution < -0.4 is 0 Å². The molecule has 3 nitrogen and oxygen atoms in total. The zero-order chi connectivity index (χ0) is 26.5. The summed E-state index contributed by atoms with van der Waals surface area (Å²) >= 11 is 0. The van der Waals surface area contributed by atoms with E-state index in [1.54, 1.807) is 0 Å². The third kappa shape index (κ3) is 5.39. The van der Waals surface area contributed by atoms with Crippen molar-refractivity contribution in [2.75, 3.05) is 0 Å². The van der Waals surface area contributed by atoms with Gasteiger partial charge in [0, 0.05) is 0 Å². The van der Waals surface area contributed by atoms with Gasteiger partial charge in [0.25, 0.3) is 0 Å². The topological polar surface area (TPSA) is 37.6 Å². The van der Waals surface area contributed by atoms with Gasteiger partial charge in [-0.1, -0.05) is 70.2 Å². The summed E-state index contributed by atoms with van der Waals surface area (Å²) in [6.45, 7) is 8.94. The van der Waals surface area contributed by atoms with E-state index in [1.165, 1.54) is 81.9 Å². The second kappa shape index (κ2) is 12.2. The molecule has 38 heavy (non-hydrogen) atoms. The lowest BCUT2D eigenvalue weighted by atomic mass is 9.98. The van der Waals surface area contributed by atoms with Crippen molar-refractivity contribution in [1.29, 1.82) is 0 Å². The molecule has 0 saturated heterocycles. The molecule has 3 aromatic rings. The van der Waals surface area contributed by atoms with Crippen LogP contribution >= 0.6 is 0 Å². The number of aryl methyl sites for hydroxylation is 6. The second-order valence-electron chi connectivity index (χ2n) is 10.8. The summed E-state index contributed by atoms with van der Waals surface area (Å²) in [5, 5.41) is 0. The average molecular weight is 506 g/mol. The Morgan fingerprint density at radius 2 is 0.921 bits per heavy atom. The molecule has 0 radical (unpaired) electrons. The van der Waals surface area contributed by atoms with Crippen molar-refractivity contribution >= 4 is 22.8 Å². The van der Waals surface area contributed by atoms with Crippen LogP contribution in [0.2, 0.25) is 0 Å². The Morgan fingerprint density at radius 1 is 0.553 bits per heavy atom. The van der Waals surface area contributed by atoms with E-state index in [0.717, 1.165) is 62.8 Å². The van der Waals surface area contributed by atoms with Crippen molar-refractivity contribution < 1.29 is 0 Å². The Labute approximate surface area is 229 Å². The Bertz CT molecular complexity index is 1220. The zero-order valence-electron chi connectivity index (χ0n) is 23.9. The third-order valence-corrected chi connectivity index (χ3v) is 8.37. The quantitative estimate of drug-likeness (QED) is 0.308. The molecule has 0 aliphatic heterocycles. The summed E-state index contributed by atoms with van der Waals surface area (Å²) in [4.78, 5) is 16.3. The number of fused-ring (bicyclic) bond motifs is 2. The molecule has 0 spiro atoms. The van der Waals surface area contributed by atoms with Gasteiger partial charge in [0.05, 0.1) is 34.2 Å². The van der Waals surface area contributed by atoms with Gasteiger partial charge >= 0.3 is 0 Å². The Kier molecular flexibility index (Phi) is 8.51. The standard InChI is InChI=1S/C35H43N3/c1-5-24-17-13-18-25(6-2)32(24)36-30-21-11-9-15-28-23-29-16-10-12-22-31(35(29)38-34(28)30)37-33-26(7-3)19-14-20-27(33)8-4/h13-14,17-20,23H,5-12,15-16,21-22H2,1-4H3. The Hall–Kier alpha value is -3.07. The summed E-state index contributed by atoms with van der Waals surface area (Å²) in [6, 6.07) is 15.8. The highest BCUT2D eigenvalue weighted by atomic mass is 14.9. The van der Waals surface area contributed by atoms with Gasteiger partial charge in [-0.15, -0.1) is 0 Å². The first-order chi connectivity index (χ1) is 18.7. The van der Waals surface area contributed by atoms with Crippen LogP contribution in [-0.2, 0) is 38.5 Å². The highest BCUT2D eigenvalue weighted by Gasteiger charge is 2.24. The fourth-order valence-electron chi connectivity index (χ4n) is 6.14. The van der Waals surface area contributed by atoms with Crippen molar-refractivity contribution in [3.05, 3.63) is 87.2 Å². The lowest BCUT2D eigenvalue weighted by molar-refractivity contribution is 0.765. The lowest BCUT2D eigenvalue weighted by Crippen LogP contribution is -2.14. The smallest absolute Gasteiger partial charge is 0.0884 e. The number of aliphatic imine (C=N–C) groups is 2. The monoisotopic (exact) mass is 505 g/mol. The van der Waals surface area contributed by atoms with E-state index in [4.69, 9.17) is 15.0 Å². The number of hydrogen-bond acceptors (Lipinski definition) is 3. The van der Waals surface area contributed by atoms with E-state index in [0.29, 0.717) is 0 Å². The molecule has 1 heterocycles. The van der Waals surface area contributed by atoms with Crippen molar-refractivity contribution in [3.63, 3.8) is 0 Å². The number of pyridine rings is 1. The summed E-state index contributed by atoms with van der Waals surface area (Å²) in [5.41, 5.74) is 15.1. The number of para-hydroxylation sites is 2. The maximum Gasteiger partial charge on any atom is 0.0884 e. The number of benzene rings is 2. The van der Waals surface area contributed by atoms with Crippen LogP contribution in [0.4, 0.5) is 11.4 Å². The molecular weight excluding hydrogens is 462 g/mol. The summed E-state index contributed by atoms with van der Waals surface area (Å²) in [6.07, 6.45) is 12.9. The van der Waals surface area contributed by atoms with Crippen LogP contribution in [0, 0.1) is 0 Å². The highest BCUT2D eigenvalue weighted by Crippen LogP contribution is 2.33. The van der Waals surface area contributed by atoms with E-state index in [2.05, 4.69) is 70.2 Å². The van der Waals surface area contributed by atoms with Crippen LogP contribution in [0.5, 0.6) is 0 Å². The van der Waals surface area contributed by atoms with Crippen molar-refractivity contribution in [1.82, 2.24) is 4.98 Å². The van der Waals surface area contributed by atoms with Gasteiger partial charge in [0.15, 0.2) is 0 Å². The highest BCUT2D eigenvalue weighted by molar-refractivity contribution is 6.06. The number of aromatic nitrogens is 1. The lowest BCUT2D eigenvalue weighted by Gasteiger charge is -2.16. The predicted octanol–water partition coefficient (Wildman–Crippen LogP) is 9.03. The molecule has 0 atom stereocenters. The molecule has 3 heteroatoms. The van der Waals surface area contributed by atoms with Gasteiger partial charge in [0.2, 0.25) is 0 Å². The molecule has 1 aromatic heterocycles. The SMILES string of the molecule is CCc1cccc(CC)c1N=C1CCCCc2cc3c(nc21)C(=Nc1c(CC)cccc1CC)CCCC3. The fraction of sp³-hybridized carbons (Fsp3) is 0.457. The predicted molar refractivity (Wildman–Crippen MR) is 162 cm³/mol. The van der Waals surface area contributed by atoms with E-state index in [-0.39, 0.29) is 0 Å². The van der Waals surface area contributed by atoms with Gasteiger partial charge in [0.1, 0.15) is 0 Å². The van der Waals surface area contributed by atoms with E-state index in [9.17, 15) is 0 Å². The molecule has 0 amide bonds. The Morgan fingerprint density at radius 3 is 1.29 bits per heavy atom. The van der Waals surface area contributed by atoms with Crippen LogP contribution in [-0.4, -0.2) is 16.4 Å². The van der Waals surface area contributed by atoms with Crippen LogP contribution in [0.1, 0.15) is 111 Å². The minimum absolute atomic E-state index is 0.991. The van der Waals surface area contributed by atoms with E-state index >= 15 is 0 Å². The number of nitrogens with zero attached hydrogens (tertiary/aromatic N) is 3. The van der Waals surface area contributed by atoms with Gasteiger partial charge in [-0.25, -0.2) is 4.98 Å². The number of hydrogen-bond donors (Lipinski definition) is 0. The molecule has 5 rings (SSSR count).